The van der Waals surface area contributed by atoms with E-state index in [2.05, 4.69) is 9.97 Å². The molecule has 4 N–H and O–H groups in total. The van der Waals surface area contributed by atoms with Gasteiger partial charge in [0.1, 0.15) is 10.8 Å². The smallest absolute Gasteiger partial charge is 0.311 e. The second-order valence-corrected chi connectivity index (χ2v) is 6.02. The average molecular weight is 342 g/mol. The van der Waals surface area contributed by atoms with E-state index in [-0.39, 0.29) is 29.3 Å². The molecule has 0 spiro atoms. The Kier molecular flexibility index (Phi) is 3.92. The molecule has 1 aliphatic heterocycles. The van der Waals surface area contributed by atoms with Crippen molar-refractivity contribution in [3.05, 3.63) is 20.0 Å². The van der Waals surface area contributed by atoms with Crippen molar-refractivity contribution in [2.75, 3.05) is 12.3 Å². The van der Waals surface area contributed by atoms with Gasteiger partial charge >= 0.3 is 10.8 Å². The fourth-order valence-corrected chi connectivity index (χ4v) is 3.39. The number of hydrogen-bond acceptors (Lipinski definition) is 9. The normalized spacial score (nSPS) is 24.2. The third-order valence-corrected chi connectivity index (χ3v) is 4.36. The predicted octanol–water partition coefficient (Wildman–Crippen LogP) is -1.06. The fourth-order valence-electron chi connectivity index (χ4n) is 2.55. The van der Waals surface area contributed by atoms with Gasteiger partial charge in [0.25, 0.3) is 5.56 Å². The molecule has 11 heteroatoms. The predicted molar refractivity (Wildman–Crippen MR) is 80.1 cm³/mol. The fraction of sp³-hybridized carbons (Fsp3) is 0.500. The Morgan fingerprint density at radius 1 is 1.61 bits per heavy atom. The number of nitrogens with one attached hydrogen (secondary N) is 1. The lowest BCUT2D eigenvalue weighted by Crippen LogP contribution is -2.30. The Labute approximate surface area is 132 Å². The second-order valence-electron chi connectivity index (χ2n) is 5.06. The van der Waals surface area contributed by atoms with E-state index in [0.717, 1.165) is 4.57 Å². The van der Waals surface area contributed by atoms with E-state index < -0.39 is 34.8 Å². The molecule has 1 aliphatic rings. The molecule has 124 valence electrons. The van der Waals surface area contributed by atoms with Gasteiger partial charge in [0.05, 0.1) is 12.7 Å². The SMILES string of the molecule is CC(=O)OC1C[C@@H](CO)O[C@H]1n1c(=O)sc2c(=O)[nH]c(N)nc21. The second kappa shape index (κ2) is 5.76. The van der Waals surface area contributed by atoms with Gasteiger partial charge in [-0.25, -0.2) is 0 Å². The standard InChI is InChI=1S/C12H14N4O6S/c1-4(18)21-6-2-5(3-17)22-10(6)16-8-7(23-12(16)20)9(19)15-11(13)14-8/h5-6,10,17H,2-3H2,1H3,(H3,13,14,15,19)/t5-,6?,10+/m0/s1. The maximum atomic E-state index is 12.3. The number of fused-ring (bicyclic) bond motifs is 1. The van der Waals surface area contributed by atoms with Crippen molar-refractivity contribution in [3.63, 3.8) is 0 Å². The van der Waals surface area contributed by atoms with E-state index >= 15 is 0 Å². The molecule has 0 aliphatic carbocycles. The lowest BCUT2D eigenvalue weighted by Gasteiger charge is -2.19. The summed E-state index contributed by atoms with van der Waals surface area (Å²) in [5, 5.41) is 9.26. The van der Waals surface area contributed by atoms with Crippen molar-refractivity contribution < 1.29 is 19.4 Å². The molecule has 2 aromatic rings. The first kappa shape index (κ1) is 15.6. The Balaban J connectivity index is 2.14. The Bertz CT molecular complexity index is 871. The number of nitrogens with zero attached hydrogens (tertiary/aromatic N) is 2. The van der Waals surface area contributed by atoms with E-state index in [9.17, 15) is 19.5 Å². The van der Waals surface area contributed by atoms with Crippen LogP contribution in [-0.4, -0.2) is 44.4 Å². The Morgan fingerprint density at radius 3 is 3.00 bits per heavy atom. The number of ether oxygens (including phenoxy) is 2. The summed E-state index contributed by atoms with van der Waals surface area (Å²) >= 11 is 0.693. The van der Waals surface area contributed by atoms with E-state index in [1.165, 1.54) is 6.92 Å². The molecule has 0 saturated carbocycles. The van der Waals surface area contributed by atoms with Gasteiger partial charge in [-0.2, -0.15) is 4.98 Å². The van der Waals surface area contributed by atoms with Crippen molar-refractivity contribution in [3.8, 4) is 0 Å². The van der Waals surface area contributed by atoms with Gasteiger partial charge in [-0.3, -0.25) is 23.9 Å². The summed E-state index contributed by atoms with van der Waals surface area (Å²) in [6.07, 6.45) is -2.12. The first-order valence-corrected chi connectivity index (χ1v) is 7.56. The first-order valence-electron chi connectivity index (χ1n) is 6.75. The molecule has 0 aromatic carbocycles. The van der Waals surface area contributed by atoms with Crippen LogP contribution in [0.4, 0.5) is 5.95 Å². The minimum Gasteiger partial charge on any atom is -0.458 e. The number of H-pyrrole nitrogens is 1. The highest BCUT2D eigenvalue weighted by atomic mass is 32.1. The maximum absolute atomic E-state index is 12.3. The maximum Gasteiger partial charge on any atom is 0.311 e. The van der Waals surface area contributed by atoms with Crippen molar-refractivity contribution >= 4 is 33.6 Å². The molecule has 3 atom stereocenters. The molecule has 3 rings (SSSR count). The van der Waals surface area contributed by atoms with Gasteiger partial charge in [0.2, 0.25) is 5.95 Å². The molecule has 2 aromatic heterocycles. The van der Waals surface area contributed by atoms with Crippen LogP contribution in [0.5, 0.6) is 0 Å². The quantitative estimate of drug-likeness (QED) is 0.597. The summed E-state index contributed by atoms with van der Waals surface area (Å²) in [6.45, 7) is 0.944. The molecule has 10 nitrogen and oxygen atoms in total. The first-order chi connectivity index (χ1) is 10.9. The number of aromatic nitrogens is 3. The molecule has 0 radical (unpaired) electrons. The molecule has 1 unspecified atom stereocenters. The average Bonchev–Trinajstić information content (AvgIpc) is 2.99. The number of carbonyl (C=O) groups is 1. The summed E-state index contributed by atoms with van der Waals surface area (Å²) in [5.41, 5.74) is 5.05. The Hall–Kier alpha value is -2.24. The number of hydrogen-bond donors (Lipinski definition) is 3. The van der Waals surface area contributed by atoms with E-state index in [0.29, 0.717) is 11.3 Å². The monoisotopic (exact) mass is 342 g/mol. The summed E-state index contributed by atoms with van der Waals surface area (Å²) in [5.74, 6) is -0.685. The molecule has 3 heterocycles. The number of carbonyl (C=O) groups excluding carboxylic acids is 1. The minimum absolute atomic E-state index is 0.0574. The third-order valence-electron chi connectivity index (χ3n) is 3.41. The Morgan fingerprint density at radius 2 is 2.35 bits per heavy atom. The number of rotatable bonds is 3. The molecular formula is C12H14N4O6S. The zero-order valence-corrected chi connectivity index (χ0v) is 12.8. The molecule has 1 fully saturated rings. The highest BCUT2D eigenvalue weighted by molar-refractivity contribution is 7.16. The van der Waals surface area contributed by atoms with E-state index in [4.69, 9.17) is 15.2 Å². The molecule has 0 amide bonds. The van der Waals surface area contributed by atoms with Crippen LogP contribution in [0.3, 0.4) is 0 Å². The van der Waals surface area contributed by atoms with Gasteiger partial charge < -0.3 is 20.3 Å². The zero-order chi connectivity index (χ0) is 16.7. The van der Waals surface area contributed by atoms with Crippen molar-refractivity contribution in [1.29, 1.82) is 0 Å². The number of esters is 1. The molecule has 0 bridgehead atoms. The van der Waals surface area contributed by atoms with Crippen molar-refractivity contribution in [1.82, 2.24) is 14.5 Å². The lowest BCUT2D eigenvalue weighted by atomic mass is 10.2. The van der Waals surface area contributed by atoms with Crippen LogP contribution in [0, 0.1) is 0 Å². The van der Waals surface area contributed by atoms with Gasteiger partial charge in [-0.05, 0) is 0 Å². The third kappa shape index (κ3) is 2.73. The van der Waals surface area contributed by atoms with E-state index in [1.54, 1.807) is 0 Å². The van der Waals surface area contributed by atoms with Gasteiger partial charge in [-0.15, -0.1) is 0 Å². The number of nitrogen functional groups attached to an aromatic ring is 1. The van der Waals surface area contributed by atoms with Gasteiger partial charge in [0.15, 0.2) is 11.9 Å². The van der Waals surface area contributed by atoms with Crippen LogP contribution in [0.15, 0.2) is 9.59 Å². The summed E-state index contributed by atoms with van der Waals surface area (Å²) in [6, 6.07) is 0. The van der Waals surface area contributed by atoms with E-state index in [1.807, 2.05) is 0 Å². The number of thiazole rings is 1. The van der Waals surface area contributed by atoms with Crippen LogP contribution in [0.1, 0.15) is 19.6 Å². The highest BCUT2D eigenvalue weighted by Gasteiger charge is 2.40. The van der Waals surface area contributed by atoms with Crippen LogP contribution in [0.2, 0.25) is 0 Å². The van der Waals surface area contributed by atoms with Crippen LogP contribution >= 0.6 is 11.3 Å². The van der Waals surface area contributed by atoms with Crippen molar-refractivity contribution in [2.45, 2.75) is 31.8 Å². The number of anilines is 1. The molecule has 1 saturated heterocycles. The number of aromatic amines is 1. The van der Waals surface area contributed by atoms with Crippen LogP contribution in [0.25, 0.3) is 10.3 Å². The number of nitrogens with two attached hydrogens (primary N) is 1. The summed E-state index contributed by atoms with van der Waals surface area (Å²) in [4.78, 5) is 41.2. The molecule has 23 heavy (non-hydrogen) atoms. The van der Waals surface area contributed by atoms with Crippen molar-refractivity contribution in [2.24, 2.45) is 0 Å². The topological polar surface area (TPSA) is 150 Å². The minimum atomic E-state index is -0.981. The largest absolute Gasteiger partial charge is 0.458 e. The number of aliphatic hydroxyl groups is 1. The summed E-state index contributed by atoms with van der Waals surface area (Å²) < 4.78 is 12.0. The summed E-state index contributed by atoms with van der Waals surface area (Å²) in [7, 11) is 0. The highest BCUT2D eigenvalue weighted by Crippen LogP contribution is 2.32. The molecular weight excluding hydrogens is 328 g/mol. The van der Waals surface area contributed by atoms with Gasteiger partial charge in [-0.1, -0.05) is 11.3 Å². The van der Waals surface area contributed by atoms with Crippen LogP contribution in [-0.2, 0) is 14.3 Å². The lowest BCUT2D eigenvalue weighted by molar-refractivity contribution is -0.152. The van der Waals surface area contributed by atoms with Crippen LogP contribution < -0.4 is 16.2 Å². The number of aliphatic hydroxyl groups excluding tert-OH is 1. The van der Waals surface area contributed by atoms with Gasteiger partial charge in [0, 0.05) is 13.3 Å². The zero-order valence-electron chi connectivity index (χ0n) is 12.0.